The van der Waals surface area contributed by atoms with E-state index < -0.39 is 0 Å². The standard InChI is InChI=1S/C25H26N2O3S/c1-4-22(20-14-15-23(29-2)24(16-20)30-3)26-27-25(28)19-12-10-18(11-13-19)17-31-21-8-6-5-7-9-21/h5-16H,4,17H2,1-3H3,(H,27,28)/b26-22+. The minimum Gasteiger partial charge on any atom is -0.493 e. The summed E-state index contributed by atoms with van der Waals surface area (Å²) in [5.41, 5.74) is 6.02. The van der Waals surface area contributed by atoms with Crippen LogP contribution in [-0.2, 0) is 5.75 Å². The number of ether oxygens (including phenoxy) is 2. The van der Waals surface area contributed by atoms with E-state index in [1.165, 1.54) is 4.90 Å². The molecule has 0 aromatic heterocycles. The van der Waals surface area contributed by atoms with Crippen LogP contribution in [-0.4, -0.2) is 25.8 Å². The van der Waals surface area contributed by atoms with Crippen LogP contribution in [0, 0.1) is 0 Å². The van der Waals surface area contributed by atoms with Gasteiger partial charge in [0.15, 0.2) is 11.5 Å². The summed E-state index contributed by atoms with van der Waals surface area (Å²) in [6.07, 6.45) is 0.658. The van der Waals surface area contributed by atoms with E-state index in [0.29, 0.717) is 23.5 Å². The van der Waals surface area contributed by atoms with E-state index in [1.54, 1.807) is 26.0 Å². The number of carbonyl (C=O) groups is 1. The van der Waals surface area contributed by atoms with Gasteiger partial charge in [0.2, 0.25) is 0 Å². The average Bonchev–Trinajstić information content (AvgIpc) is 2.83. The molecule has 0 unspecified atom stereocenters. The molecule has 3 rings (SSSR count). The lowest BCUT2D eigenvalue weighted by Gasteiger charge is -2.11. The number of hydrogen-bond acceptors (Lipinski definition) is 5. The Balaban J connectivity index is 1.64. The van der Waals surface area contributed by atoms with E-state index in [0.717, 1.165) is 22.6 Å². The van der Waals surface area contributed by atoms with Gasteiger partial charge in [-0.25, -0.2) is 5.43 Å². The molecule has 0 saturated heterocycles. The number of hydrazone groups is 1. The summed E-state index contributed by atoms with van der Waals surface area (Å²) >= 11 is 1.77. The molecular formula is C25H26N2O3S. The van der Waals surface area contributed by atoms with Crippen LogP contribution < -0.4 is 14.9 Å². The molecular weight excluding hydrogens is 408 g/mol. The number of rotatable bonds is 9. The molecule has 1 amide bonds. The highest BCUT2D eigenvalue weighted by molar-refractivity contribution is 7.98. The number of nitrogens with zero attached hydrogens (tertiary/aromatic N) is 1. The van der Waals surface area contributed by atoms with Crippen LogP contribution in [0.1, 0.15) is 34.8 Å². The van der Waals surface area contributed by atoms with Crippen molar-refractivity contribution in [3.63, 3.8) is 0 Å². The monoisotopic (exact) mass is 434 g/mol. The van der Waals surface area contributed by atoms with Crippen molar-refractivity contribution < 1.29 is 14.3 Å². The Bertz CT molecular complexity index is 1030. The molecule has 6 heteroatoms. The first-order chi connectivity index (χ1) is 15.1. The van der Waals surface area contributed by atoms with Crippen molar-refractivity contribution in [1.29, 1.82) is 0 Å². The summed E-state index contributed by atoms with van der Waals surface area (Å²) in [5.74, 6) is 1.88. The van der Waals surface area contributed by atoms with Crippen molar-refractivity contribution in [2.24, 2.45) is 5.10 Å². The molecule has 0 aliphatic heterocycles. The van der Waals surface area contributed by atoms with Gasteiger partial charge in [-0.1, -0.05) is 37.3 Å². The van der Waals surface area contributed by atoms with Gasteiger partial charge in [0.05, 0.1) is 19.9 Å². The number of carbonyl (C=O) groups excluding carboxylic acids is 1. The maximum absolute atomic E-state index is 12.5. The van der Waals surface area contributed by atoms with Crippen molar-refractivity contribution in [1.82, 2.24) is 5.43 Å². The number of hydrogen-bond donors (Lipinski definition) is 1. The van der Waals surface area contributed by atoms with Crippen LogP contribution >= 0.6 is 11.8 Å². The number of methoxy groups -OCH3 is 2. The van der Waals surface area contributed by atoms with Gasteiger partial charge in [0, 0.05) is 21.8 Å². The third kappa shape index (κ3) is 6.12. The molecule has 0 saturated carbocycles. The van der Waals surface area contributed by atoms with Crippen molar-refractivity contribution in [2.45, 2.75) is 24.0 Å². The molecule has 160 valence electrons. The Labute approximate surface area is 187 Å². The van der Waals surface area contributed by atoms with Gasteiger partial charge in [0.1, 0.15) is 0 Å². The van der Waals surface area contributed by atoms with Gasteiger partial charge in [-0.15, -0.1) is 11.8 Å². The molecule has 0 heterocycles. The minimum absolute atomic E-state index is 0.242. The second-order valence-corrected chi connectivity index (χ2v) is 7.77. The molecule has 1 N–H and O–H groups in total. The molecule has 3 aromatic rings. The quantitative estimate of drug-likeness (QED) is 0.273. The van der Waals surface area contributed by atoms with Crippen LogP contribution in [0.4, 0.5) is 0 Å². The Morgan fingerprint density at radius 1 is 0.903 bits per heavy atom. The van der Waals surface area contributed by atoms with Crippen molar-refractivity contribution >= 4 is 23.4 Å². The summed E-state index contributed by atoms with van der Waals surface area (Å²) < 4.78 is 10.6. The first-order valence-corrected chi connectivity index (χ1v) is 11.0. The topological polar surface area (TPSA) is 59.9 Å². The fourth-order valence-corrected chi connectivity index (χ4v) is 3.86. The lowest BCUT2D eigenvalue weighted by Crippen LogP contribution is -2.20. The zero-order valence-electron chi connectivity index (χ0n) is 17.9. The highest BCUT2D eigenvalue weighted by Gasteiger charge is 2.10. The minimum atomic E-state index is -0.242. The number of thioether (sulfide) groups is 1. The predicted molar refractivity (Wildman–Crippen MR) is 126 cm³/mol. The molecule has 0 radical (unpaired) electrons. The van der Waals surface area contributed by atoms with Gasteiger partial charge in [0.25, 0.3) is 5.91 Å². The van der Waals surface area contributed by atoms with E-state index in [-0.39, 0.29) is 5.91 Å². The number of nitrogens with one attached hydrogen (secondary N) is 1. The van der Waals surface area contributed by atoms with Crippen LogP contribution in [0.2, 0.25) is 0 Å². The lowest BCUT2D eigenvalue weighted by molar-refractivity contribution is 0.0955. The zero-order valence-corrected chi connectivity index (χ0v) is 18.7. The van der Waals surface area contributed by atoms with Crippen LogP contribution in [0.3, 0.4) is 0 Å². The predicted octanol–water partition coefficient (Wildman–Crippen LogP) is 5.54. The Hall–Kier alpha value is -3.25. The third-order valence-corrected chi connectivity index (χ3v) is 5.79. The molecule has 0 bridgehead atoms. The normalized spacial score (nSPS) is 11.1. The van der Waals surface area contributed by atoms with E-state index in [2.05, 4.69) is 22.7 Å². The molecule has 0 atom stereocenters. The van der Waals surface area contributed by atoms with Gasteiger partial charge >= 0.3 is 0 Å². The Morgan fingerprint density at radius 2 is 1.58 bits per heavy atom. The van der Waals surface area contributed by atoms with Crippen molar-refractivity contribution in [3.8, 4) is 11.5 Å². The fourth-order valence-electron chi connectivity index (χ4n) is 2.98. The SMILES string of the molecule is CC/C(=N\NC(=O)c1ccc(CSc2ccccc2)cc1)c1ccc(OC)c(OC)c1. The maximum Gasteiger partial charge on any atom is 0.271 e. The van der Waals surface area contributed by atoms with Crippen LogP contribution in [0.25, 0.3) is 0 Å². The van der Waals surface area contributed by atoms with E-state index in [4.69, 9.17) is 9.47 Å². The highest BCUT2D eigenvalue weighted by atomic mass is 32.2. The highest BCUT2D eigenvalue weighted by Crippen LogP contribution is 2.28. The summed E-state index contributed by atoms with van der Waals surface area (Å²) in [5, 5.41) is 4.33. The molecule has 0 aliphatic carbocycles. The third-order valence-electron chi connectivity index (χ3n) is 4.71. The fraction of sp³-hybridized carbons (Fsp3) is 0.200. The van der Waals surface area contributed by atoms with Gasteiger partial charge < -0.3 is 9.47 Å². The van der Waals surface area contributed by atoms with Crippen LogP contribution in [0.15, 0.2) is 82.8 Å². The molecule has 0 spiro atoms. The molecule has 3 aromatic carbocycles. The second-order valence-electron chi connectivity index (χ2n) is 6.72. The first-order valence-electron chi connectivity index (χ1n) is 10.0. The zero-order chi connectivity index (χ0) is 22.1. The lowest BCUT2D eigenvalue weighted by atomic mass is 10.1. The average molecular weight is 435 g/mol. The molecule has 0 aliphatic rings. The molecule has 31 heavy (non-hydrogen) atoms. The van der Waals surface area contributed by atoms with Crippen LogP contribution in [0.5, 0.6) is 11.5 Å². The van der Waals surface area contributed by atoms with E-state index in [9.17, 15) is 4.79 Å². The van der Waals surface area contributed by atoms with Crippen molar-refractivity contribution in [3.05, 3.63) is 89.5 Å². The van der Waals surface area contributed by atoms with Gasteiger partial charge in [-0.05, 0) is 54.4 Å². The largest absolute Gasteiger partial charge is 0.493 e. The molecule has 0 fully saturated rings. The van der Waals surface area contributed by atoms with E-state index >= 15 is 0 Å². The summed E-state index contributed by atoms with van der Waals surface area (Å²) in [6, 6.07) is 23.4. The van der Waals surface area contributed by atoms with Gasteiger partial charge in [-0.2, -0.15) is 5.10 Å². The molecule has 5 nitrogen and oxygen atoms in total. The summed E-state index contributed by atoms with van der Waals surface area (Å²) in [4.78, 5) is 13.8. The maximum atomic E-state index is 12.5. The smallest absolute Gasteiger partial charge is 0.271 e. The second kappa shape index (κ2) is 11.2. The number of amides is 1. The Morgan fingerprint density at radius 3 is 2.23 bits per heavy atom. The summed E-state index contributed by atoms with van der Waals surface area (Å²) in [7, 11) is 3.19. The Kier molecular flexibility index (Phi) is 8.12. The van der Waals surface area contributed by atoms with Gasteiger partial charge in [-0.3, -0.25) is 4.79 Å². The summed E-state index contributed by atoms with van der Waals surface area (Å²) in [6.45, 7) is 1.99. The van der Waals surface area contributed by atoms with Crippen molar-refractivity contribution in [2.75, 3.05) is 14.2 Å². The van der Waals surface area contributed by atoms with E-state index in [1.807, 2.05) is 67.6 Å². The first kappa shape index (κ1) is 22.4. The number of benzene rings is 3.